The lowest BCUT2D eigenvalue weighted by molar-refractivity contribution is -0.120. The first-order valence-corrected chi connectivity index (χ1v) is 9.04. The van der Waals surface area contributed by atoms with Gasteiger partial charge in [0, 0.05) is 36.0 Å². The van der Waals surface area contributed by atoms with Gasteiger partial charge >= 0.3 is 0 Å². The molecule has 6 nitrogen and oxygen atoms in total. The first-order chi connectivity index (χ1) is 11.8. The fourth-order valence-corrected chi connectivity index (χ4v) is 3.31. The van der Waals surface area contributed by atoms with Gasteiger partial charge in [-0.2, -0.15) is 0 Å². The van der Waals surface area contributed by atoms with Crippen molar-refractivity contribution >= 4 is 17.7 Å². The van der Waals surface area contributed by atoms with Crippen LogP contribution in [-0.4, -0.2) is 34.4 Å². The first kappa shape index (κ1) is 16.7. The Morgan fingerprint density at radius 3 is 3.00 bits per heavy atom. The van der Waals surface area contributed by atoms with Gasteiger partial charge in [0.1, 0.15) is 19.0 Å². The van der Waals surface area contributed by atoms with Gasteiger partial charge in [-0.25, -0.2) is 4.98 Å². The summed E-state index contributed by atoms with van der Waals surface area (Å²) in [5.74, 6) is 3.20. The summed E-state index contributed by atoms with van der Waals surface area (Å²) in [6, 6.07) is 5.88. The highest BCUT2D eigenvalue weighted by Crippen LogP contribution is 2.34. The minimum atomic E-state index is 0.0331. The van der Waals surface area contributed by atoms with E-state index in [0.29, 0.717) is 31.9 Å². The van der Waals surface area contributed by atoms with Crippen LogP contribution in [0.15, 0.2) is 35.5 Å². The molecule has 0 saturated carbocycles. The monoisotopic (exact) mass is 347 g/mol. The van der Waals surface area contributed by atoms with Gasteiger partial charge < -0.3 is 19.4 Å². The second kappa shape index (κ2) is 8.10. The molecule has 0 atom stereocenters. The number of nitrogens with zero attached hydrogens (tertiary/aromatic N) is 2. The Hall–Kier alpha value is -2.15. The van der Waals surface area contributed by atoms with E-state index in [-0.39, 0.29) is 5.91 Å². The Balaban J connectivity index is 1.42. The zero-order valence-electron chi connectivity index (χ0n) is 13.7. The smallest absolute Gasteiger partial charge is 0.221 e. The number of hydrogen-bond acceptors (Lipinski definition) is 5. The molecule has 1 N–H and O–H groups in total. The molecule has 0 aliphatic carbocycles. The topological polar surface area (TPSA) is 65.4 Å². The standard InChI is InChI=1S/C17H21N3O3S/c1-2-20-7-6-18-16(20)12-19-17(21)5-10-24-13-3-4-14-15(11-13)23-9-8-22-14/h3-4,6-7,11H,2,5,8-10,12H2,1H3,(H,19,21). The van der Waals surface area contributed by atoms with Crippen molar-refractivity contribution in [2.24, 2.45) is 0 Å². The molecule has 0 saturated heterocycles. The molecule has 2 aromatic rings. The number of imidazole rings is 1. The molecule has 24 heavy (non-hydrogen) atoms. The molecule has 0 unspecified atom stereocenters. The third-order valence-corrected chi connectivity index (χ3v) is 4.69. The minimum absolute atomic E-state index is 0.0331. The summed E-state index contributed by atoms with van der Waals surface area (Å²) in [6.07, 6.45) is 4.13. The Labute approximate surface area is 145 Å². The second-order valence-corrected chi connectivity index (χ2v) is 6.48. The summed E-state index contributed by atoms with van der Waals surface area (Å²) < 4.78 is 13.1. The Morgan fingerprint density at radius 1 is 1.33 bits per heavy atom. The van der Waals surface area contributed by atoms with Gasteiger partial charge in [0.25, 0.3) is 0 Å². The number of hydrogen-bond donors (Lipinski definition) is 1. The summed E-state index contributed by atoms with van der Waals surface area (Å²) in [6.45, 7) is 4.55. The third kappa shape index (κ3) is 4.23. The molecule has 2 heterocycles. The number of carbonyl (C=O) groups excluding carboxylic acids is 1. The number of amides is 1. The quantitative estimate of drug-likeness (QED) is 0.780. The number of benzene rings is 1. The van der Waals surface area contributed by atoms with Crippen LogP contribution in [0.2, 0.25) is 0 Å². The SMILES string of the molecule is CCn1ccnc1CNC(=O)CCSc1ccc2c(c1)OCCO2. The van der Waals surface area contributed by atoms with E-state index >= 15 is 0 Å². The van der Waals surface area contributed by atoms with Crippen LogP contribution in [-0.2, 0) is 17.9 Å². The number of thioether (sulfide) groups is 1. The molecular formula is C17H21N3O3S. The molecule has 0 bridgehead atoms. The maximum Gasteiger partial charge on any atom is 0.221 e. The van der Waals surface area contributed by atoms with E-state index in [9.17, 15) is 4.79 Å². The second-order valence-electron chi connectivity index (χ2n) is 5.31. The van der Waals surface area contributed by atoms with Gasteiger partial charge in [-0.15, -0.1) is 11.8 Å². The zero-order valence-corrected chi connectivity index (χ0v) is 14.5. The van der Waals surface area contributed by atoms with Crippen LogP contribution in [0.25, 0.3) is 0 Å². The van der Waals surface area contributed by atoms with E-state index in [4.69, 9.17) is 9.47 Å². The lowest BCUT2D eigenvalue weighted by Crippen LogP contribution is -2.24. The lowest BCUT2D eigenvalue weighted by atomic mass is 10.3. The van der Waals surface area contributed by atoms with Gasteiger partial charge in [-0.3, -0.25) is 4.79 Å². The number of ether oxygens (including phenoxy) is 2. The van der Waals surface area contributed by atoms with Gasteiger partial charge in [0.2, 0.25) is 5.91 Å². The van der Waals surface area contributed by atoms with Crippen LogP contribution >= 0.6 is 11.8 Å². The van der Waals surface area contributed by atoms with Crippen molar-refractivity contribution in [1.29, 1.82) is 0 Å². The van der Waals surface area contributed by atoms with Crippen LogP contribution < -0.4 is 14.8 Å². The molecule has 1 aromatic heterocycles. The summed E-state index contributed by atoms with van der Waals surface area (Å²) in [7, 11) is 0. The van der Waals surface area contributed by atoms with Crippen molar-refractivity contribution < 1.29 is 14.3 Å². The summed E-state index contributed by atoms with van der Waals surface area (Å²) in [5, 5.41) is 2.92. The molecule has 7 heteroatoms. The maximum atomic E-state index is 12.0. The minimum Gasteiger partial charge on any atom is -0.486 e. The summed E-state index contributed by atoms with van der Waals surface area (Å²) >= 11 is 1.64. The number of aryl methyl sites for hydroxylation is 1. The Bertz CT molecular complexity index is 702. The number of fused-ring (bicyclic) bond motifs is 1. The molecule has 1 aliphatic heterocycles. The molecule has 0 fully saturated rings. The van der Waals surface area contributed by atoms with Crippen LogP contribution in [0.3, 0.4) is 0 Å². The highest BCUT2D eigenvalue weighted by atomic mass is 32.2. The van der Waals surface area contributed by atoms with Crippen LogP contribution in [0.5, 0.6) is 11.5 Å². The Kier molecular flexibility index (Phi) is 5.63. The van der Waals surface area contributed by atoms with E-state index in [1.54, 1.807) is 18.0 Å². The van der Waals surface area contributed by atoms with Gasteiger partial charge in [0.15, 0.2) is 11.5 Å². The third-order valence-electron chi connectivity index (χ3n) is 3.70. The molecule has 1 aliphatic rings. The number of nitrogens with one attached hydrogen (secondary N) is 1. The van der Waals surface area contributed by atoms with Crippen molar-refractivity contribution in [3.8, 4) is 11.5 Å². The van der Waals surface area contributed by atoms with E-state index in [2.05, 4.69) is 17.2 Å². The highest BCUT2D eigenvalue weighted by molar-refractivity contribution is 7.99. The number of carbonyl (C=O) groups is 1. The summed E-state index contributed by atoms with van der Waals surface area (Å²) in [4.78, 5) is 17.3. The van der Waals surface area contributed by atoms with Gasteiger partial charge in [-0.05, 0) is 25.1 Å². The van der Waals surface area contributed by atoms with Crippen molar-refractivity contribution in [2.45, 2.75) is 31.3 Å². The fourth-order valence-electron chi connectivity index (χ4n) is 2.44. The number of aromatic nitrogens is 2. The molecule has 3 rings (SSSR count). The fraction of sp³-hybridized carbons (Fsp3) is 0.412. The highest BCUT2D eigenvalue weighted by Gasteiger charge is 2.12. The van der Waals surface area contributed by atoms with E-state index < -0.39 is 0 Å². The van der Waals surface area contributed by atoms with Crippen molar-refractivity contribution in [3.63, 3.8) is 0 Å². The molecular weight excluding hydrogens is 326 g/mol. The molecule has 1 aromatic carbocycles. The molecule has 0 radical (unpaired) electrons. The molecule has 1 amide bonds. The maximum absolute atomic E-state index is 12.0. The van der Waals surface area contributed by atoms with Crippen molar-refractivity contribution in [2.75, 3.05) is 19.0 Å². The zero-order chi connectivity index (χ0) is 16.8. The predicted molar refractivity (Wildman–Crippen MR) is 92.5 cm³/mol. The van der Waals surface area contributed by atoms with E-state index in [1.165, 1.54) is 0 Å². The average Bonchev–Trinajstić information content (AvgIpc) is 3.07. The lowest BCUT2D eigenvalue weighted by Gasteiger charge is -2.18. The van der Waals surface area contributed by atoms with Crippen LogP contribution in [0.4, 0.5) is 0 Å². The molecule has 128 valence electrons. The van der Waals surface area contributed by atoms with Crippen molar-refractivity contribution in [3.05, 3.63) is 36.4 Å². The predicted octanol–water partition coefficient (Wildman–Crippen LogP) is 2.47. The van der Waals surface area contributed by atoms with Gasteiger partial charge in [-0.1, -0.05) is 0 Å². The van der Waals surface area contributed by atoms with Crippen LogP contribution in [0, 0.1) is 0 Å². The van der Waals surface area contributed by atoms with E-state index in [1.807, 2.05) is 29.0 Å². The van der Waals surface area contributed by atoms with Crippen LogP contribution in [0.1, 0.15) is 19.2 Å². The summed E-state index contributed by atoms with van der Waals surface area (Å²) in [5.41, 5.74) is 0. The Morgan fingerprint density at radius 2 is 2.17 bits per heavy atom. The average molecular weight is 347 g/mol. The number of rotatable bonds is 7. The van der Waals surface area contributed by atoms with Crippen molar-refractivity contribution in [1.82, 2.24) is 14.9 Å². The molecule has 0 spiro atoms. The normalized spacial score (nSPS) is 12.9. The van der Waals surface area contributed by atoms with Gasteiger partial charge in [0.05, 0.1) is 6.54 Å². The van der Waals surface area contributed by atoms with E-state index in [0.717, 1.165) is 28.8 Å². The first-order valence-electron chi connectivity index (χ1n) is 8.05. The largest absolute Gasteiger partial charge is 0.486 e.